The molecule has 0 aliphatic carbocycles. The van der Waals surface area contributed by atoms with Gasteiger partial charge in [-0.2, -0.15) is 13.2 Å². The SMILES string of the molecule is FC(F)(F)c1nc(C2CCOCC2)nc2c1CNCC2. The molecule has 2 aliphatic rings. The van der Waals surface area contributed by atoms with E-state index >= 15 is 0 Å². The minimum Gasteiger partial charge on any atom is -0.381 e. The topological polar surface area (TPSA) is 47.0 Å². The van der Waals surface area contributed by atoms with Crippen LogP contribution in [0.2, 0.25) is 0 Å². The van der Waals surface area contributed by atoms with Gasteiger partial charge < -0.3 is 10.1 Å². The van der Waals surface area contributed by atoms with Gasteiger partial charge in [-0.25, -0.2) is 9.97 Å². The van der Waals surface area contributed by atoms with Crippen LogP contribution in [0.1, 0.15) is 41.5 Å². The van der Waals surface area contributed by atoms with E-state index in [1.54, 1.807) is 0 Å². The normalized spacial score (nSPS) is 20.8. The Hall–Kier alpha value is -1.21. The number of nitrogens with one attached hydrogen (secondary N) is 1. The molecule has 0 atom stereocenters. The van der Waals surface area contributed by atoms with Crippen molar-refractivity contribution in [1.82, 2.24) is 15.3 Å². The van der Waals surface area contributed by atoms with Crippen molar-refractivity contribution in [2.45, 2.75) is 37.9 Å². The molecular weight excluding hydrogens is 271 g/mol. The van der Waals surface area contributed by atoms with Crippen molar-refractivity contribution in [3.63, 3.8) is 0 Å². The van der Waals surface area contributed by atoms with Crippen LogP contribution in [0.4, 0.5) is 13.2 Å². The Morgan fingerprint density at radius 3 is 2.60 bits per heavy atom. The van der Waals surface area contributed by atoms with E-state index in [1.807, 2.05) is 0 Å². The number of rotatable bonds is 1. The second kappa shape index (κ2) is 5.29. The first-order valence-electron chi connectivity index (χ1n) is 6.81. The predicted octanol–water partition coefficient (Wildman–Crippen LogP) is 2.04. The standard InChI is InChI=1S/C13H16F3N3O/c14-13(15,16)11-9-7-17-4-1-10(9)18-12(19-11)8-2-5-20-6-3-8/h8,17H,1-7H2. The summed E-state index contributed by atoms with van der Waals surface area (Å²) in [7, 11) is 0. The van der Waals surface area contributed by atoms with E-state index in [-0.39, 0.29) is 18.0 Å². The Labute approximate surface area is 114 Å². The van der Waals surface area contributed by atoms with Crippen molar-refractivity contribution in [3.05, 3.63) is 22.8 Å². The lowest BCUT2D eigenvalue weighted by atomic mass is 9.97. The maximum Gasteiger partial charge on any atom is 0.433 e. The quantitative estimate of drug-likeness (QED) is 0.858. The molecule has 1 aromatic rings. The van der Waals surface area contributed by atoms with Crippen LogP contribution in [0.15, 0.2) is 0 Å². The fourth-order valence-electron chi connectivity index (χ4n) is 2.74. The zero-order chi connectivity index (χ0) is 14.2. The molecule has 20 heavy (non-hydrogen) atoms. The number of ether oxygens (including phenoxy) is 1. The van der Waals surface area contributed by atoms with Crippen LogP contribution in [-0.4, -0.2) is 29.7 Å². The zero-order valence-corrected chi connectivity index (χ0v) is 11.0. The molecule has 2 aliphatic heterocycles. The number of nitrogens with zero attached hydrogens (tertiary/aromatic N) is 2. The average molecular weight is 287 g/mol. The lowest BCUT2D eigenvalue weighted by Crippen LogP contribution is -2.30. The van der Waals surface area contributed by atoms with E-state index in [4.69, 9.17) is 4.74 Å². The Morgan fingerprint density at radius 1 is 1.15 bits per heavy atom. The summed E-state index contributed by atoms with van der Waals surface area (Å²) in [6.07, 6.45) is -2.52. The fourth-order valence-corrected chi connectivity index (χ4v) is 2.74. The molecule has 0 aromatic carbocycles. The van der Waals surface area contributed by atoms with Crippen molar-refractivity contribution in [2.75, 3.05) is 19.8 Å². The van der Waals surface area contributed by atoms with E-state index in [1.165, 1.54) is 0 Å². The van der Waals surface area contributed by atoms with Gasteiger partial charge in [0.25, 0.3) is 0 Å². The van der Waals surface area contributed by atoms with E-state index in [0.29, 0.717) is 50.5 Å². The summed E-state index contributed by atoms with van der Waals surface area (Å²) < 4.78 is 44.8. The molecule has 1 saturated heterocycles. The highest BCUT2D eigenvalue weighted by atomic mass is 19.4. The van der Waals surface area contributed by atoms with Gasteiger partial charge in [0.15, 0.2) is 5.69 Å². The van der Waals surface area contributed by atoms with Crippen LogP contribution in [0.5, 0.6) is 0 Å². The smallest absolute Gasteiger partial charge is 0.381 e. The third-order valence-electron chi connectivity index (χ3n) is 3.81. The van der Waals surface area contributed by atoms with Gasteiger partial charge >= 0.3 is 6.18 Å². The average Bonchev–Trinajstić information content (AvgIpc) is 2.46. The van der Waals surface area contributed by atoms with Crippen LogP contribution in [0.3, 0.4) is 0 Å². The van der Waals surface area contributed by atoms with E-state index < -0.39 is 11.9 Å². The van der Waals surface area contributed by atoms with Crippen molar-refractivity contribution in [1.29, 1.82) is 0 Å². The molecule has 0 spiro atoms. The van der Waals surface area contributed by atoms with Crippen LogP contribution < -0.4 is 5.32 Å². The highest BCUT2D eigenvalue weighted by Crippen LogP contribution is 2.34. The summed E-state index contributed by atoms with van der Waals surface area (Å²) in [5.41, 5.74) is -0.0108. The molecule has 0 bridgehead atoms. The molecule has 4 nitrogen and oxygen atoms in total. The Kier molecular flexibility index (Phi) is 3.64. The maximum absolute atomic E-state index is 13.2. The first-order valence-corrected chi connectivity index (χ1v) is 6.81. The number of halogens is 3. The van der Waals surface area contributed by atoms with E-state index in [0.717, 1.165) is 0 Å². The van der Waals surface area contributed by atoms with Crippen LogP contribution in [0.25, 0.3) is 0 Å². The summed E-state index contributed by atoms with van der Waals surface area (Å²) in [4.78, 5) is 8.25. The first-order chi connectivity index (χ1) is 9.55. The third kappa shape index (κ3) is 2.64. The highest BCUT2D eigenvalue weighted by Gasteiger charge is 2.38. The number of hydrogen-bond donors (Lipinski definition) is 1. The third-order valence-corrected chi connectivity index (χ3v) is 3.81. The number of alkyl halides is 3. The molecule has 0 saturated carbocycles. The van der Waals surface area contributed by atoms with Crippen LogP contribution >= 0.6 is 0 Å². The molecule has 3 heterocycles. The molecular formula is C13H16F3N3O. The van der Waals surface area contributed by atoms with E-state index in [2.05, 4.69) is 15.3 Å². The zero-order valence-electron chi connectivity index (χ0n) is 11.0. The van der Waals surface area contributed by atoms with Gasteiger partial charge in [0.2, 0.25) is 0 Å². The second-order valence-electron chi connectivity index (χ2n) is 5.17. The Bertz CT molecular complexity index is 498. The van der Waals surface area contributed by atoms with Crippen LogP contribution in [0, 0.1) is 0 Å². The summed E-state index contributed by atoms with van der Waals surface area (Å²) in [5, 5.41) is 2.95. The van der Waals surface area contributed by atoms with Crippen molar-refractivity contribution >= 4 is 0 Å². The van der Waals surface area contributed by atoms with Crippen molar-refractivity contribution in [2.24, 2.45) is 0 Å². The highest BCUT2D eigenvalue weighted by molar-refractivity contribution is 5.31. The van der Waals surface area contributed by atoms with Crippen molar-refractivity contribution in [3.8, 4) is 0 Å². The molecule has 0 unspecified atom stereocenters. The minimum absolute atomic E-state index is 0.0231. The minimum atomic E-state index is -4.42. The van der Waals surface area contributed by atoms with E-state index in [9.17, 15) is 13.2 Å². The molecule has 3 rings (SSSR count). The van der Waals surface area contributed by atoms with Gasteiger partial charge in [-0.05, 0) is 12.8 Å². The molecule has 1 aromatic heterocycles. The second-order valence-corrected chi connectivity index (χ2v) is 5.17. The van der Waals surface area contributed by atoms with Gasteiger partial charge in [-0.15, -0.1) is 0 Å². The molecule has 1 N–H and O–H groups in total. The maximum atomic E-state index is 13.2. The summed E-state index contributed by atoms with van der Waals surface area (Å²) in [5.74, 6) is 0.311. The molecule has 7 heteroatoms. The molecule has 1 fully saturated rings. The Morgan fingerprint density at radius 2 is 1.90 bits per heavy atom. The van der Waals surface area contributed by atoms with Gasteiger partial charge in [-0.1, -0.05) is 0 Å². The molecule has 0 radical (unpaired) electrons. The monoisotopic (exact) mass is 287 g/mol. The molecule has 110 valence electrons. The number of hydrogen-bond acceptors (Lipinski definition) is 4. The lowest BCUT2D eigenvalue weighted by molar-refractivity contribution is -0.142. The fraction of sp³-hybridized carbons (Fsp3) is 0.692. The van der Waals surface area contributed by atoms with Gasteiger partial charge in [0, 0.05) is 44.2 Å². The lowest BCUT2D eigenvalue weighted by Gasteiger charge is -2.25. The van der Waals surface area contributed by atoms with Crippen molar-refractivity contribution < 1.29 is 17.9 Å². The number of aromatic nitrogens is 2. The molecule has 0 amide bonds. The summed E-state index contributed by atoms with van der Waals surface area (Å²) in [6, 6.07) is 0. The Balaban J connectivity index is 2.03. The van der Waals surface area contributed by atoms with Gasteiger partial charge in [0.1, 0.15) is 5.82 Å². The van der Waals surface area contributed by atoms with Crippen LogP contribution in [-0.2, 0) is 23.9 Å². The van der Waals surface area contributed by atoms with Gasteiger partial charge in [0.05, 0.1) is 5.69 Å². The summed E-state index contributed by atoms with van der Waals surface area (Å²) >= 11 is 0. The largest absolute Gasteiger partial charge is 0.433 e. The number of fused-ring (bicyclic) bond motifs is 1. The van der Waals surface area contributed by atoms with Gasteiger partial charge in [-0.3, -0.25) is 0 Å². The summed E-state index contributed by atoms with van der Waals surface area (Å²) in [6.45, 7) is 1.98. The predicted molar refractivity (Wildman–Crippen MR) is 65.2 cm³/mol. The first kappa shape index (κ1) is 13.8.